The third-order valence-corrected chi connectivity index (χ3v) is 3.80. The van der Waals surface area contributed by atoms with Crippen LogP contribution >= 0.6 is 0 Å². The van der Waals surface area contributed by atoms with Gasteiger partial charge in [0.1, 0.15) is 0 Å². The maximum absolute atomic E-state index is 5.84. The molecule has 1 heterocycles. The monoisotopic (exact) mass is 253 g/mol. The Labute approximate surface area is 113 Å². The first-order valence-corrected chi connectivity index (χ1v) is 6.72. The molecule has 98 valence electrons. The summed E-state index contributed by atoms with van der Waals surface area (Å²) in [5.74, 6) is 0. The minimum absolute atomic E-state index is 0.374. The Bertz CT molecular complexity index is 619. The van der Waals surface area contributed by atoms with Crippen LogP contribution in [-0.4, -0.2) is 4.98 Å². The predicted molar refractivity (Wildman–Crippen MR) is 79.3 cm³/mol. The van der Waals surface area contributed by atoms with Crippen LogP contribution < -0.4 is 11.1 Å². The molecule has 0 aliphatic heterocycles. The number of hydrogen-bond acceptors (Lipinski definition) is 3. The van der Waals surface area contributed by atoms with E-state index in [1.165, 1.54) is 11.1 Å². The average molecular weight is 253 g/mol. The van der Waals surface area contributed by atoms with Crippen LogP contribution in [0.2, 0.25) is 0 Å². The van der Waals surface area contributed by atoms with Gasteiger partial charge in [-0.25, -0.2) is 0 Å². The fourth-order valence-corrected chi connectivity index (χ4v) is 2.81. The predicted octanol–water partition coefficient (Wildman–Crippen LogP) is 3.38. The number of nitrogens with zero attached hydrogens (tertiary/aromatic N) is 1. The third-order valence-electron chi connectivity index (χ3n) is 3.80. The highest BCUT2D eigenvalue weighted by molar-refractivity contribution is 5.54. The molecule has 0 bridgehead atoms. The lowest BCUT2D eigenvalue weighted by atomic mass is 10.1. The first kappa shape index (κ1) is 12.0. The molecule has 0 spiro atoms. The zero-order valence-electron chi connectivity index (χ0n) is 11.4. The second kappa shape index (κ2) is 4.57. The van der Waals surface area contributed by atoms with Crippen LogP contribution in [0.3, 0.4) is 0 Å². The van der Waals surface area contributed by atoms with E-state index < -0.39 is 0 Å². The standard InChI is InChI=1S/C16H19N3/c1-10-3-7-15(11(2)18-10)19-16-8-4-12-9-13(17)5-6-14(12)16/h3,5-7,9,16,19H,4,8,17H2,1-2H3. The summed E-state index contributed by atoms with van der Waals surface area (Å²) in [5.41, 5.74) is 12.7. The smallest absolute Gasteiger partial charge is 0.0607 e. The number of benzene rings is 1. The summed E-state index contributed by atoms with van der Waals surface area (Å²) in [6.45, 7) is 4.07. The molecule has 19 heavy (non-hydrogen) atoms. The van der Waals surface area contributed by atoms with Crippen molar-refractivity contribution >= 4 is 11.4 Å². The summed E-state index contributed by atoms with van der Waals surface area (Å²) >= 11 is 0. The highest BCUT2D eigenvalue weighted by Crippen LogP contribution is 2.35. The number of pyridine rings is 1. The number of aryl methyl sites for hydroxylation is 3. The van der Waals surface area contributed by atoms with Crippen molar-refractivity contribution in [1.29, 1.82) is 0 Å². The van der Waals surface area contributed by atoms with Crippen molar-refractivity contribution in [3.05, 3.63) is 52.8 Å². The largest absolute Gasteiger partial charge is 0.399 e. The van der Waals surface area contributed by atoms with E-state index >= 15 is 0 Å². The van der Waals surface area contributed by atoms with Crippen molar-refractivity contribution < 1.29 is 0 Å². The quantitative estimate of drug-likeness (QED) is 0.807. The average Bonchev–Trinajstić information content (AvgIpc) is 2.75. The summed E-state index contributed by atoms with van der Waals surface area (Å²) in [6, 6.07) is 10.8. The van der Waals surface area contributed by atoms with Gasteiger partial charge >= 0.3 is 0 Å². The molecule has 3 nitrogen and oxygen atoms in total. The van der Waals surface area contributed by atoms with Crippen molar-refractivity contribution in [3.8, 4) is 0 Å². The van der Waals surface area contributed by atoms with Gasteiger partial charge in [0, 0.05) is 11.4 Å². The van der Waals surface area contributed by atoms with Crippen LogP contribution in [0.4, 0.5) is 11.4 Å². The Morgan fingerprint density at radius 2 is 2.05 bits per heavy atom. The van der Waals surface area contributed by atoms with Crippen LogP contribution in [0.15, 0.2) is 30.3 Å². The maximum atomic E-state index is 5.84. The molecule has 2 aromatic rings. The van der Waals surface area contributed by atoms with Crippen molar-refractivity contribution in [2.45, 2.75) is 32.7 Å². The van der Waals surface area contributed by atoms with E-state index in [4.69, 9.17) is 5.73 Å². The number of hydrogen-bond donors (Lipinski definition) is 2. The summed E-state index contributed by atoms with van der Waals surface area (Å²) in [7, 11) is 0. The Balaban J connectivity index is 1.86. The van der Waals surface area contributed by atoms with Gasteiger partial charge in [-0.3, -0.25) is 4.98 Å². The molecule has 0 saturated carbocycles. The topological polar surface area (TPSA) is 50.9 Å². The molecule has 0 amide bonds. The molecule has 1 aliphatic carbocycles. The molecular weight excluding hydrogens is 234 g/mol. The van der Waals surface area contributed by atoms with E-state index in [9.17, 15) is 0 Å². The molecule has 3 N–H and O–H groups in total. The highest BCUT2D eigenvalue weighted by atomic mass is 14.9. The van der Waals surface area contributed by atoms with Gasteiger partial charge in [0.05, 0.1) is 17.4 Å². The first-order valence-electron chi connectivity index (χ1n) is 6.72. The van der Waals surface area contributed by atoms with Gasteiger partial charge in [-0.1, -0.05) is 6.07 Å². The Kier molecular flexibility index (Phi) is 2.90. The summed E-state index contributed by atoms with van der Waals surface area (Å²) in [4.78, 5) is 4.50. The zero-order valence-corrected chi connectivity index (χ0v) is 11.4. The number of aromatic nitrogens is 1. The minimum Gasteiger partial charge on any atom is -0.399 e. The van der Waals surface area contributed by atoms with E-state index in [0.717, 1.165) is 35.6 Å². The van der Waals surface area contributed by atoms with Gasteiger partial charge in [-0.15, -0.1) is 0 Å². The lowest BCUT2D eigenvalue weighted by Crippen LogP contribution is -2.09. The van der Waals surface area contributed by atoms with Crippen LogP contribution in [0.1, 0.15) is 35.0 Å². The van der Waals surface area contributed by atoms with E-state index in [1.54, 1.807) is 0 Å². The number of anilines is 2. The number of nitrogens with two attached hydrogens (primary N) is 1. The second-order valence-corrected chi connectivity index (χ2v) is 5.28. The lowest BCUT2D eigenvalue weighted by Gasteiger charge is -2.17. The van der Waals surface area contributed by atoms with E-state index in [-0.39, 0.29) is 0 Å². The molecule has 0 radical (unpaired) electrons. The van der Waals surface area contributed by atoms with Gasteiger partial charge in [-0.2, -0.15) is 0 Å². The van der Waals surface area contributed by atoms with Crippen molar-refractivity contribution in [2.24, 2.45) is 0 Å². The fourth-order valence-electron chi connectivity index (χ4n) is 2.81. The molecule has 1 aromatic heterocycles. The van der Waals surface area contributed by atoms with Crippen LogP contribution in [-0.2, 0) is 6.42 Å². The molecular formula is C16H19N3. The normalized spacial score (nSPS) is 17.3. The van der Waals surface area contributed by atoms with Crippen LogP contribution in [0, 0.1) is 13.8 Å². The molecule has 1 atom stereocenters. The molecule has 3 heteroatoms. The van der Waals surface area contributed by atoms with Gasteiger partial charge in [-0.05, 0) is 62.1 Å². The minimum atomic E-state index is 0.374. The Morgan fingerprint density at radius 1 is 1.21 bits per heavy atom. The summed E-state index contributed by atoms with van der Waals surface area (Å²) in [6.07, 6.45) is 2.21. The van der Waals surface area contributed by atoms with Crippen LogP contribution in [0.25, 0.3) is 0 Å². The zero-order chi connectivity index (χ0) is 13.4. The number of fused-ring (bicyclic) bond motifs is 1. The molecule has 1 aliphatic rings. The summed E-state index contributed by atoms with van der Waals surface area (Å²) in [5, 5.41) is 3.61. The number of rotatable bonds is 2. The SMILES string of the molecule is Cc1ccc(NC2CCc3cc(N)ccc32)c(C)n1. The molecule has 1 aromatic carbocycles. The van der Waals surface area contributed by atoms with Crippen molar-refractivity contribution in [2.75, 3.05) is 11.1 Å². The van der Waals surface area contributed by atoms with Gasteiger partial charge < -0.3 is 11.1 Å². The number of nitrogen functional groups attached to an aromatic ring is 1. The van der Waals surface area contributed by atoms with Gasteiger partial charge in [0.15, 0.2) is 0 Å². The van der Waals surface area contributed by atoms with E-state index in [1.807, 2.05) is 26.0 Å². The maximum Gasteiger partial charge on any atom is 0.0607 e. The number of nitrogens with one attached hydrogen (secondary N) is 1. The van der Waals surface area contributed by atoms with E-state index in [2.05, 4.69) is 28.5 Å². The molecule has 0 saturated heterocycles. The Hall–Kier alpha value is -2.03. The van der Waals surface area contributed by atoms with Crippen molar-refractivity contribution in [1.82, 2.24) is 4.98 Å². The van der Waals surface area contributed by atoms with Crippen molar-refractivity contribution in [3.63, 3.8) is 0 Å². The highest BCUT2D eigenvalue weighted by Gasteiger charge is 2.22. The fraction of sp³-hybridized carbons (Fsp3) is 0.312. The molecule has 3 rings (SSSR count). The molecule has 1 unspecified atom stereocenters. The first-order chi connectivity index (χ1) is 9.13. The summed E-state index contributed by atoms with van der Waals surface area (Å²) < 4.78 is 0. The van der Waals surface area contributed by atoms with E-state index in [0.29, 0.717) is 6.04 Å². The van der Waals surface area contributed by atoms with Gasteiger partial charge in [0.25, 0.3) is 0 Å². The van der Waals surface area contributed by atoms with Crippen LogP contribution in [0.5, 0.6) is 0 Å². The third kappa shape index (κ3) is 2.28. The molecule has 0 fully saturated rings. The lowest BCUT2D eigenvalue weighted by molar-refractivity contribution is 0.759. The Morgan fingerprint density at radius 3 is 2.84 bits per heavy atom. The van der Waals surface area contributed by atoms with Gasteiger partial charge in [0.2, 0.25) is 0 Å². The second-order valence-electron chi connectivity index (χ2n) is 5.28.